The molecule has 0 aromatic rings. The summed E-state index contributed by atoms with van der Waals surface area (Å²) in [6, 6.07) is 0. The van der Waals surface area contributed by atoms with Crippen LogP contribution in [0.4, 0.5) is 0 Å². The van der Waals surface area contributed by atoms with Gasteiger partial charge in [0.1, 0.15) is 0 Å². The first-order valence-corrected chi connectivity index (χ1v) is 4.50. The Morgan fingerprint density at radius 1 is 1.75 bits per heavy atom. The van der Waals surface area contributed by atoms with E-state index in [1.807, 2.05) is 6.92 Å². The Morgan fingerprint density at radius 2 is 2.42 bits per heavy atom. The van der Waals surface area contributed by atoms with Crippen molar-refractivity contribution in [3.05, 3.63) is 0 Å². The van der Waals surface area contributed by atoms with Gasteiger partial charge in [0, 0.05) is 19.3 Å². The summed E-state index contributed by atoms with van der Waals surface area (Å²) in [6.45, 7) is 5.66. The van der Waals surface area contributed by atoms with Crippen molar-refractivity contribution in [2.75, 3.05) is 20.3 Å². The highest BCUT2D eigenvalue weighted by atomic mass is 16.5. The van der Waals surface area contributed by atoms with E-state index in [1.165, 1.54) is 0 Å². The van der Waals surface area contributed by atoms with Gasteiger partial charge >= 0.3 is 0 Å². The first kappa shape index (κ1) is 9.96. The Balaban J connectivity index is 2.56. The minimum Gasteiger partial charge on any atom is -0.384 e. The van der Waals surface area contributed by atoms with Crippen molar-refractivity contribution < 1.29 is 9.47 Å². The standard InChI is InChI=1S/C9H19NO2/c1-7(6-11-3)9(10)4-5-12-8(9)2/h7-8H,4-6,10H2,1-3H3. The minimum absolute atomic E-state index is 0.155. The summed E-state index contributed by atoms with van der Waals surface area (Å²) in [5, 5.41) is 0. The summed E-state index contributed by atoms with van der Waals surface area (Å²) in [4.78, 5) is 0. The number of hydrogen-bond donors (Lipinski definition) is 1. The number of ether oxygens (including phenoxy) is 2. The van der Waals surface area contributed by atoms with Crippen LogP contribution in [-0.2, 0) is 9.47 Å². The number of nitrogens with two attached hydrogens (primary N) is 1. The normalized spacial score (nSPS) is 38.5. The molecule has 0 aliphatic carbocycles. The number of hydrogen-bond acceptors (Lipinski definition) is 3. The monoisotopic (exact) mass is 173 g/mol. The van der Waals surface area contributed by atoms with Crippen molar-refractivity contribution in [1.82, 2.24) is 0 Å². The van der Waals surface area contributed by atoms with Gasteiger partial charge in [0.05, 0.1) is 12.7 Å². The second-order valence-corrected chi connectivity index (χ2v) is 3.73. The van der Waals surface area contributed by atoms with Crippen molar-refractivity contribution in [1.29, 1.82) is 0 Å². The molecule has 3 atom stereocenters. The van der Waals surface area contributed by atoms with Gasteiger partial charge in [-0.1, -0.05) is 6.92 Å². The molecule has 0 amide bonds. The van der Waals surface area contributed by atoms with Gasteiger partial charge in [0.2, 0.25) is 0 Å². The number of methoxy groups -OCH3 is 1. The number of rotatable bonds is 3. The van der Waals surface area contributed by atoms with Gasteiger partial charge in [-0.2, -0.15) is 0 Å². The van der Waals surface area contributed by atoms with E-state index < -0.39 is 0 Å². The molecule has 3 heteroatoms. The van der Waals surface area contributed by atoms with Crippen molar-refractivity contribution in [2.24, 2.45) is 11.7 Å². The molecule has 0 aromatic heterocycles. The summed E-state index contributed by atoms with van der Waals surface area (Å²) in [7, 11) is 1.71. The van der Waals surface area contributed by atoms with Crippen LogP contribution in [0.5, 0.6) is 0 Å². The molecule has 1 fully saturated rings. The Hall–Kier alpha value is -0.120. The molecule has 1 heterocycles. The summed E-state index contributed by atoms with van der Waals surface area (Å²) in [6.07, 6.45) is 1.10. The molecule has 0 spiro atoms. The van der Waals surface area contributed by atoms with Crippen LogP contribution in [0.1, 0.15) is 20.3 Å². The molecule has 2 N–H and O–H groups in total. The largest absolute Gasteiger partial charge is 0.384 e. The maximum absolute atomic E-state index is 6.23. The van der Waals surface area contributed by atoms with Crippen molar-refractivity contribution in [2.45, 2.75) is 31.9 Å². The zero-order valence-electron chi connectivity index (χ0n) is 8.17. The van der Waals surface area contributed by atoms with E-state index in [9.17, 15) is 0 Å². The van der Waals surface area contributed by atoms with Crippen molar-refractivity contribution >= 4 is 0 Å². The molecule has 1 aliphatic rings. The third-order valence-corrected chi connectivity index (χ3v) is 2.99. The second-order valence-electron chi connectivity index (χ2n) is 3.73. The smallest absolute Gasteiger partial charge is 0.0730 e. The lowest BCUT2D eigenvalue weighted by atomic mass is 9.81. The van der Waals surface area contributed by atoms with Gasteiger partial charge in [-0.3, -0.25) is 0 Å². The van der Waals surface area contributed by atoms with E-state index in [2.05, 4.69) is 6.92 Å². The summed E-state index contributed by atoms with van der Waals surface area (Å²) in [5.74, 6) is 0.361. The van der Waals surface area contributed by atoms with Crippen LogP contribution < -0.4 is 5.73 Å². The Morgan fingerprint density at radius 3 is 2.83 bits per heavy atom. The predicted octanol–water partition coefficient (Wildman–Crippen LogP) is 0.775. The molecule has 0 bridgehead atoms. The van der Waals surface area contributed by atoms with Crippen LogP contribution in [0.25, 0.3) is 0 Å². The highest BCUT2D eigenvalue weighted by Crippen LogP contribution is 2.30. The first-order chi connectivity index (χ1) is 5.61. The molecular weight excluding hydrogens is 154 g/mol. The molecule has 0 saturated carbocycles. The molecule has 72 valence electrons. The van der Waals surface area contributed by atoms with Crippen LogP contribution in [0.2, 0.25) is 0 Å². The van der Waals surface area contributed by atoms with E-state index in [0.29, 0.717) is 12.5 Å². The summed E-state index contributed by atoms with van der Waals surface area (Å²) < 4.78 is 10.5. The molecule has 12 heavy (non-hydrogen) atoms. The quantitative estimate of drug-likeness (QED) is 0.685. The predicted molar refractivity (Wildman–Crippen MR) is 48.0 cm³/mol. The van der Waals surface area contributed by atoms with Gasteiger partial charge in [-0.25, -0.2) is 0 Å². The topological polar surface area (TPSA) is 44.5 Å². The van der Waals surface area contributed by atoms with Crippen LogP contribution in [0.3, 0.4) is 0 Å². The van der Waals surface area contributed by atoms with Gasteiger partial charge in [-0.15, -0.1) is 0 Å². The average Bonchev–Trinajstić information content (AvgIpc) is 2.34. The van der Waals surface area contributed by atoms with Gasteiger partial charge in [0.25, 0.3) is 0 Å². The third-order valence-electron chi connectivity index (χ3n) is 2.99. The highest BCUT2D eigenvalue weighted by molar-refractivity contribution is 4.98. The van der Waals surface area contributed by atoms with Gasteiger partial charge in [0.15, 0.2) is 0 Å². The van der Waals surface area contributed by atoms with E-state index >= 15 is 0 Å². The second kappa shape index (κ2) is 3.73. The van der Waals surface area contributed by atoms with Crippen LogP contribution in [0, 0.1) is 5.92 Å². The Kier molecular flexibility index (Phi) is 3.09. The van der Waals surface area contributed by atoms with Gasteiger partial charge in [-0.05, 0) is 19.3 Å². The molecule has 1 rings (SSSR count). The van der Waals surface area contributed by atoms with E-state index in [0.717, 1.165) is 13.0 Å². The third kappa shape index (κ3) is 1.63. The lowest BCUT2D eigenvalue weighted by Gasteiger charge is -2.33. The SMILES string of the molecule is COCC(C)C1(N)CCOC1C. The van der Waals surface area contributed by atoms with E-state index in [1.54, 1.807) is 7.11 Å². The molecular formula is C9H19NO2. The highest BCUT2D eigenvalue weighted by Gasteiger charge is 2.42. The molecule has 3 unspecified atom stereocenters. The van der Waals surface area contributed by atoms with Crippen LogP contribution in [-0.4, -0.2) is 32.0 Å². The zero-order valence-corrected chi connectivity index (χ0v) is 8.17. The lowest BCUT2D eigenvalue weighted by Crippen LogP contribution is -2.52. The average molecular weight is 173 g/mol. The fourth-order valence-corrected chi connectivity index (χ4v) is 1.82. The fourth-order valence-electron chi connectivity index (χ4n) is 1.82. The van der Waals surface area contributed by atoms with Crippen LogP contribution in [0.15, 0.2) is 0 Å². The summed E-state index contributed by atoms with van der Waals surface area (Å²) in [5.41, 5.74) is 6.04. The Bertz CT molecular complexity index is 151. The summed E-state index contributed by atoms with van der Waals surface area (Å²) >= 11 is 0. The maximum atomic E-state index is 6.23. The van der Waals surface area contributed by atoms with Crippen molar-refractivity contribution in [3.8, 4) is 0 Å². The Labute approximate surface area is 74.2 Å². The maximum Gasteiger partial charge on any atom is 0.0730 e. The zero-order chi connectivity index (χ0) is 9.19. The van der Waals surface area contributed by atoms with Crippen LogP contribution >= 0.6 is 0 Å². The first-order valence-electron chi connectivity index (χ1n) is 4.50. The van der Waals surface area contributed by atoms with E-state index in [4.69, 9.17) is 15.2 Å². The van der Waals surface area contributed by atoms with E-state index in [-0.39, 0.29) is 11.6 Å². The van der Waals surface area contributed by atoms with Gasteiger partial charge < -0.3 is 15.2 Å². The molecule has 1 saturated heterocycles. The lowest BCUT2D eigenvalue weighted by molar-refractivity contribution is 0.0511. The molecule has 0 aromatic carbocycles. The molecule has 3 nitrogen and oxygen atoms in total. The fraction of sp³-hybridized carbons (Fsp3) is 1.00. The minimum atomic E-state index is -0.185. The van der Waals surface area contributed by atoms with Crippen molar-refractivity contribution in [3.63, 3.8) is 0 Å². The molecule has 0 radical (unpaired) electrons. The molecule has 1 aliphatic heterocycles.